The highest BCUT2D eigenvalue weighted by Crippen LogP contribution is 2.13. The van der Waals surface area contributed by atoms with Crippen molar-refractivity contribution < 1.29 is 0 Å². The Morgan fingerprint density at radius 1 is 1.38 bits per heavy atom. The molecule has 0 N–H and O–H groups in total. The molecule has 1 fully saturated rings. The predicted octanol–water partition coefficient (Wildman–Crippen LogP) is 2.94. The van der Waals surface area contributed by atoms with Gasteiger partial charge in [0, 0.05) is 18.8 Å². The second kappa shape index (κ2) is 6.66. The van der Waals surface area contributed by atoms with Crippen LogP contribution in [0.15, 0.2) is 0 Å². The Morgan fingerprint density at radius 2 is 2.23 bits per heavy atom. The van der Waals surface area contributed by atoms with Gasteiger partial charge in [-0.05, 0) is 25.0 Å². The van der Waals surface area contributed by atoms with Crippen molar-refractivity contribution in [3.05, 3.63) is 0 Å². The molecule has 0 bridgehead atoms. The molecule has 13 heavy (non-hydrogen) atoms. The number of nitrogens with zero attached hydrogens (tertiary/aromatic N) is 1. The normalized spacial score (nSPS) is 18.8. The zero-order chi connectivity index (χ0) is 9.52. The van der Waals surface area contributed by atoms with E-state index in [1.807, 2.05) is 11.8 Å². The zero-order valence-corrected chi connectivity index (χ0v) is 10.1. The van der Waals surface area contributed by atoms with E-state index in [1.54, 1.807) is 0 Å². The first-order valence-electron chi connectivity index (χ1n) is 5.20. The quantitative estimate of drug-likeness (QED) is 0.526. The third-order valence-electron chi connectivity index (χ3n) is 2.38. The number of thioether (sulfide) groups is 1. The summed E-state index contributed by atoms with van der Waals surface area (Å²) in [5, 5.41) is 0. The Morgan fingerprint density at radius 3 is 3.00 bits per heavy atom. The fourth-order valence-corrected chi connectivity index (χ4v) is 2.56. The smallest absolute Gasteiger partial charge is 0.0779 e. The van der Waals surface area contributed by atoms with E-state index in [0.717, 1.165) is 13.0 Å². The van der Waals surface area contributed by atoms with Gasteiger partial charge in [0.15, 0.2) is 0 Å². The minimum absolute atomic E-state index is 1.14. The monoisotopic (exact) mass is 217 g/mol. The van der Waals surface area contributed by atoms with Crippen molar-refractivity contribution in [2.75, 3.05) is 24.6 Å². The lowest BCUT2D eigenvalue weighted by atomic mass is 10.2. The first kappa shape index (κ1) is 11.3. The molecule has 0 amide bonds. The van der Waals surface area contributed by atoms with Crippen LogP contribution in [-0.2, 0) is 0 Å². The van der Waals surface area contributed by atoms with E-state index in [0.29, 0.717) is 0 Å². The first-order valence-corrected chi connectivity index (χ1v) is 6.76. The lowest BCUT2D eigenvalue weighted by Crippen LogP contribution is -2.31. The summed E-state index contributed by atoms with van der Waals surface area (Å²) in [6, 6.07) is 0. The van der Waals surface area contributed by atoms with E-state index < -0.39 is 0 Å². The van der Waals surface area contributed by atoms with Gasteiger partial charge in [-0.25, -0.2) is 0 Å². The van der Waals surface area contributed by atoms with E-state index in [1.165, 1.54) is 42.3 Å². The van der Waals surface area contributed by atoms with Crippen molar-refractivity contribution in [2.24, 2.45) is 0 Å². The summed E-state index contributed by atoms with van der Waals surface area (Å²) in [5.74, 6) is 2.46. The van der Waals surface area contributed by atoms with Crippen molar-refractivity contribution in [2.45, 2.75) is 32.6 Å². The molecular formula is C10H19NS2. The summed E-state index contributed by atoms with van der Waals surface area (Å²) in [5.41, 5.74) is 0. The van der Waals surface area contributed by atoms with Gasteiger partial charge in [-0.3, -0.25) is 0 Å². The van der Waals surface area contributed by atoms with Crippen LogP contribution in [0.4, 0.5) is 0 Å². The molecule has 0 aliphatic carbocycles. The van der Waals surface area contributed by atoms with Gasteiger partial charge in [0.25, 0.3) is 0 Å². The average Bonchev–Trinajstić information content (AvgIpc) is 2.32. The molecule has 1 nitrogen and oxygen atoms in total. The molecule has 1 heterocycles. The molecule has 76 valence electrons. The first-order chi connectivity index (χ1) is 6.34. The Labute approximate surface area is 91.3 Å². The molecule has 0 aromatic heterocycles. The summed E-state index contributed by atoms with van der Waals surface area (Å²) in [6.45, 7) is 4.58. The summed E-state index contributed by atoms with van der Waals surface area (Å²) >= 11 is 7.39. The van der Waals surface area contributed by atoms with Crippen molar-refractivity contribution >= 4 is 29.0 Å². The zero-order valence-electron chi connectivity index (χ0n) is 8.42. The van der Waals surface area contributed by atoms with Crippen LogP contribution in [0.5, 0.6) is 0 Å². The van der Waals surface area contributed by atoms with Gasteiger partial charge in [-0.2, -0.15) is 11.8 Å². The minimum Gasteiger partial charge on any atom is -0.365 e. The predicted molar refractivity (Wildman–Crippen MR) is 65.6 cm³/mol. The summed E-state index contributed by atoms with van der Waals surface area (Å²) in [7, 11) is 0. The highest BCUT2D eigenvalue weighted by molar-refractivity contribution is 7.99. The number of thiocarbonyl (C=S) groups is 1. The van der Waals surface area contributed by atoms with Crippen LogP contribution < -0.4 is 0 Å². The van der Waals surface area contributed by atoms with Gasteiger partial charge in [0.1, 0.15) is 0 Å². The molecule has 0 aromatic rings. The molecule has 1 rings (SSSR count). The van der Waals surface area contributed by atoms with Crippen LogP contribution in [-0.4, -0.2) is 34.5 Å². The maximum atomic E-state index is 5.38. The van der Waals surface area contributed by atoms with Gasteiger partial charge < -0.3 is 4.90 Å². The Bertz CT molecular complexity index is 159. The van der Waals surface area contributed by atoms with E-state index in [9.17, 15) is 0 Å². The van der Waals surface area contributed by atoms with Crippen LogP contribution in [0.1, 0.15) is 32.6 Å². The second-order valence-corrected chi connectivity index (χ2v) is 5.25. The van der Waals surface area contributed by atoms with E-state index in [4.69, 9.17) is 12.2 Å². The standard InChI is InChI=1S/C10H19NS2/c1-2-13-9-8-11-7-5-3-4-6-10(11)12/h2-9H2,1H3. The Kier molecular flexibility index (Phi) is 5.80. The highest BCUT2D eigenvalue weighted by Gasteiger charge is 2.11. The van der Waals surface area contributed by atoms with Crippen LogP contribution in [0, 0.1) is 0 Å². The maximum Gasteiger partial charge on any atom is 0.0779 e. The molecule has 0 radical (unpaired) electrons. The lowest BCUT2D eigenvalue weighted by molar-refractivity contribution is 0.445. The molecule has 0 aromatic carbocycles. The molecule has 1 aliphatic heterocycles. The molecule has 1 aliphatic rings. The Hall–Kier alpha value is 0.240. The third kappa shape index (κ3) is 4.32. The summed E-state index contributed by atoms with van der Waals surface area (Å²) < 4.78 is 0. The third-order valence-corrected chi connectivity index (χ3v) is 3.72. The van der Waals surface area contributed by atoms with Gasteiger partial charge in [-0.15, -0.1) is 0 Å². The fourth-order valence-electron chi connectivity index (χ4n) is 1.59. The molecule has 0 spiro atoms. The lowest BCUT2D eigenvalue weighted by Gasteiger charge is -2.22. The van der Waals surface area contributed by atoms with Gasteiger partial charge in [-0.1, -0.05) is 25.6 Å². The Balaban J connectivity index is 2.24. The minimum atomic E-state index is 1.14. The van der Waals surface area contributed by atoms with Gasteiger partial charge in [0.2, 0.25) is 0 Å². The van der Waals surface area contributed by atoms with Crippen LogP contribution in [0.25, 0.3) is 0 Å². The van der Waals surface area contributed by atoms with E-state index in [-0.39, 0.29) is 0 Å². The van der Waals surface area contributed by atoms with Crippen molar-refractivity contribution in [3.8, 4) is 0 Å². The molecule has 0 unspecified atom stereocenters. The molecule has 0 saturated carbocycles. The van der Waals surface area contributed by atoms with Crippen LogP contribution in [0.3, 0.4) is 0 Å². The molecule has 0 atom stereocenters. The van der Waals surface area contributed by atoms with Crippen molar-refractivity contribution in [3.63, 3.8) is 0 Å². The van der Waals surface area contributed by atoms with E-state index >= 15 is 0 Å². The van der Waals surface area contributed by atoms with Gasteiger partial charge in [0.05, 0.1) is 4.99 Å². The summed E-state index contributed by atoms with van der Waals surface area (Å²) in [4.78, 5) is 3.61. The van der Waals surface area contributed by atoms with Crippen LogP contribution in [0.2, 0.25) is 0 Å². The number of likely N-dealkylation sites (tertiary alicyclic amines) is 1. The summed E-state index contributed by atoms with van der Waals surface area (Å²) in [6.07, 6.45) is 5.14. The van der Waals surface area contributed by atoms with Crippen LogP contribution >= 0.6 is 24.0 Å². The van der Waals surface area contributed by atoms with Gasteiger partial charge >= 0.3 is 0 Å². The highest BCUT2D eigenvalue weighted by atomic mass is 32.2. The second-order valence-electron chi connectivity index (χ2n) is 3.39. The molecular weight excluding hydrogens is 198 g/mol. The average molecular weight is 217 g/mol. The number of rotatable bonds is 4. The van der Waals surface area contributed by atoms with Crippen molar-refractivity contribution in [1.82, 2.24) is 4.90 Å². The fraction of sp³-hybridized carbons (Fsp3) is 0.900. The largest absolute Gasteiger partial charge is 0.365 e. The molecule has 1 saturated heterocycles. The van der Waals surface area contributed by atoms with E-state index in [2.05, 4.69) is 11.8 Å². The number of hydrogen-bond donors (Lipinski definition) is 0. The maximum absolute atomic E-state index is 5.38. The SMILES string of the molecule is CCSCCN1CCCCCC1=S. The number of hydrogen-bond acceptors (Lipinski definition) is 2. The topological polar surface area (TPSA) is 3.24 Å². The van der Waals surface area contributed by atoms with Crippen molar-refractivity contribution in [1.29, 1.82) is 0 Å². The molecule has 3 heteroatoms.